The van der Waals surface area contributed by atoms with Crippen LogP contribution in [0, 0.1) is 71.0 Å². The number of cyclic esters (lactones) is 2. The number of carbonyl (C=O) groups excluding carboxylic acids is 2. The number of rotatable bonds is 5. The lowest BCUT2D eigenvalue weighted by molar-refractivity contribution is -0.161. The van der Waals surface area contributed by atoms with Crippen molar-refractivity contribution in [3.05, 3.63) is 0 Å². The Kier molecular flexibility index (Phi) is 8.60. The number of fused-ring (bicyclic) bond motifs is 9. The summed E-state index contributed by atoms with van der Waals surface area (Å²) in [5.41, 5.74) is 0. The van der Waals surface area contributed by atoms with E-state index >= 15 is 0 Å². The maximum Gasteiger partial charge on any atom is 0.317 e. The van der Waals surface area contributed by atoms with Gasteiger partial charge in [-0.15, -0.1) is 0 Å². The predicted octanol–water partition coefficient (Wildman–Crippen LogP) is 4.83. The Balaban J connectivity index is 0.00000136. The van der Waals surface area contributed by atoms with Gasteiger partial charge in [-0.1, -0.05) is 43.6 Å². The van der Waals surface area contributed by atoms with Gasteiger partial charge in [0.05, 0.1) is 23.7 Å². The summed E-state index contributed by atoms with van der Waals surface area (Å²) in [5.74, 6) is -4.82. The van der Waals surface area contributed by atoms with Crippen molar-refractivity contribution in [3.63, 3.8) is 0 Å². The molecule has 1 heterocycles. The van der Waals surface area contributed by atoms with Crippen LogP contribution >= 0.6 is 0 Å². The van der Waals surface area contributed by atoms with Crippen molar-refractivity contribution in [1.82, 2.24) is 0 Å². The lowest BCUT2D eigenvalue weighted by Gasteiger charge is -2.47. The fourth-order valence-corrected chi connectivity index (χ4v) is 8.66. The predicted molar refractivity (Wildman–Crippen MR) is 125 cm³/mol. The van der Waals surface area contributed by atoms with Crippen molar-refractivity contribution in [1.29, 1.82) is 0 Å². The molecule has 33 heavy (non-hydrogen) atoms. The molecule has 12 atom stereocenters. The van der Waals surface area contributed by atoms with Crippen molar-refractivity contribution < 1.29 is 34.1 Å². The molecule has 0 aromatic rings. The number of hydrogen-bond acceptors (Lipinski definition) is 5. The average molecular weight is 469 g/mol. The molecule has 4 saturated carbocycles. The van der Waals surface area contributed by atoms with Gasteiger partial charge in [0, 0.05) is 0 Å². The zero-order valence-corrected chi connectivity index (χ0v) is 16.7. The fourth-order valence-electron chi connectivity index (χ4n) is 8.66. The van der Waals surface area contributed by atoms with E-state index in [1.54, 1.807) is 6.92 Å². The number of carboxylic acid groups (broad SMARTS) is 2. The second-order valence-electron chi connectivity index (χ2n) is 10.3. The van der Waals surface area contributed by atoms with E-state index in [9.17, 15) is 29.4 Å². The Bertz CT molecular complexity index is 792. The molecular weight excluding hydrogens is 424 g/mol. The molecule has 1 aliphatic heterocycles. The molecule has 5 fully saturated rings. The standard InChI is InChI=1S/C22H28O7.4CH4/c1-7(19(23)24)13(20(25)26)17-11-6-12(16-10-4-3-9(5-10)15(11)16)18(17)14-8(2)21(27)29-22(14)28;;;;/h7-18H,3-6H2,1-2H3,(H,23,24)(H,25,26);4*1H4. The smallest absolute Gasteiger partial charge is 0.317 e. The Morgan fingerprint density at radius 3 is 1.85 bits per heavy atom. The van der Waals surface area contributed by atoms with Crippen LogP contribution in [0.4, 0.5) is 0 Å². The molecule has 12 unspecified atom stereocenters. The molecule has 2 N–H and O–H groups in total. The van der Waals surface area contributed by atoms with Gasteiger partial charge in [0.2, 0.25) is 0 Å². The van der Waals surface area contributed by atoms with Gasteiger partial charge in [-0.25, -0.2) is 0 Å². The molecule has 4 bridgehead atoms. The SMILES string of the molecule is C.C.C.C.CC(C(=O)O)C(C(=O)O)C1C2CC(C3C4CCC(C4)C23)C1C1C(=O)OC(=O)C1C. The van der Waals surface area contributed by atoms with E-state index in [4.69, 9.17) is 4.74 Å². The normalized spacial score (nSPS) is 43.2. The van der Waals surface area contributed by atoms with Gasteiger partial charge in [-0.2, -0.15) is 0 Å². The lowest BCUT2D eigenvalue weighted by atomic mass is 9.55. The molecule has 5 aliphatic rings. The van der Waals surface area contributed by atoms with E-state index in [1.807, 2.05) is 0 Å². The van der Waals surface area contributed by atoms with Crippen molar-refractivity contribution >= 4 is 23.9 Å². The molecule has 0 amide bonds. The van der Waals surface area contributed by atoms with Crippen LogP contribution in [0.3, 0.4) is 0 Å². The number of ether oxygens (including phenoxy) is 1. The van der Waals surface area contributed by atoms with Gasteiger partial charge in [0.25, 0.3) is 0 Å². The van der Waals surface area contributed by atoms with Crippen molar-refractivity contribution in [2.75, 3.05) is 0 Å². The minimum absolute atomic E-state index is 0. The highest BCUT2D eigenvalue weighted by molar-refractivity contribution is 5.96. The van der Waals surface area contributed by atoms with E-state index in [2.05, 4.69) is 0 Å². The summed E-state index contributed by atoms with van der Waals surface area (Å²) in [7, 11) is 0. The van der Waals surface area contributed by atoms with E-state index in [-0.39, 0.29) is 47.5 Å². The Morgan fingerprint density at radius 2 is 1.39 bits per heavy atom. The molecule has 0 spiro atoms. The van der Waals surface area contributed by atoms with Crippen LogP contribution in [0.15, 0.2) is 0 Å². The van der Waals surface area contributed by atoms with Gasteiger partial charge >= 0.3 is 23.9 Å². The van der Waals surface area contributed by atoms with E-state index < -0.39 is 53.5 Å². The highest BCUT2D eigenvalue weighted by atomic mass is 16.6. The first-order chi connectivity index (χ1) is 13.7. The van der Waals surface area contributed by atoms with Gasteiger partial charge in [-0.3, -0.25) is 19.2 Å². The fraction of sp³-hybridized carbons (Fsp3) is 0.846. The average Bonchev–Trinajstić information content (AvgIpc) is 3.42. The first-order valence-corrected chi connectivity index (χ1v) is 10.9. The maximum absolute atomic E-state index is 12.6. The second-order valence-corrected chi connectivity index (χ2v) is 10.3. The van der Waals surface area contributed by atoms with Crippen LogP contribution in [0.5, 0.6) is 0 Å². The first kappa shape index (κ1) is 29.1. The van der Waals surface area contributed by atoms with Gasteiger partial charge in [0.1, 0.15) is 0 Å². The zero-order valence-electron chi connectivity index (χ0n) is 16.7. The highest BCUT2D eigenvalue weighted by Gasteiger charge is 2.70. The molecule has 0 aromatic carbocycles. The number of esters is 2. The van der Waals surface area contributed by atoms with Crippen molar-refractivity contribution in [2.24, 2.45) is 71.0 Å². The van der Waals surface area contributed by atoms with Gasteiger partial charge in [-0.05, 0) is 73.0 Å². The maximum atomic E-state index is 12.6. The minimum Gasteiger partial charge on any atom is -0.481 e. The second kappa shape index (κ2) is 9.75. The number of aliphatic carboxylic acids is 2. The molecule has 7 nitrogen and oxygen atoms in total. The number of hydrogen-bond donors (Lipinski definition) is 2. The molecule has 1 saturated heterocycles. The Hall–Kier alpha value is -1.92. The van der Waals surface area contributed by atoms with Crippen LogP contribution < -0.4 is 0 Å². The number of carboxylic acids is 2. The minimum atomic E-state index is -1.12. The van der Waals surface area contributed by atoms with Crippen LogP contribution in [0.1, 0.15) is 69.2 Å². The Morgan fingerprint density at radius 1 is 0.848 bits per heavy atom. The molecule has 0 aromatic heterocycles. The molecule has 5 rings (SSSR count). The molecule has 190 valence electrons. The van der Waals surface area contributed by atoms with Crippen LogP contribution in [-0.4, -0.2) is 34.1 Å². The summed E-state index contributed by atoms with van der Waals surface area (Å²) in [6.45, 7) is 3.15. The topological polar surface area (TPSA) is 118 Å². The van der Waals surface area contributed by atoms with Gasteiger partial charge in [0.15, 0.2) is 0 Å². The van der Waals surface area contributed by atoms with Crippen LogP contribution in [0.2, 0.25) is 0 Å². The summed E-state index contributed by atoms with van der Waals surface area (Å²) in [4.78, 5) is 48.8. The summed E-state index contributed by atoms with van der Waals surface area (Å²) in [5, 5.41) is 19.7. The highest BCUT2D eigenvalue weighted by Crippen LogP contribution is 2.73. The summed E-state index contributed by atoms with van der Waals surface area (Å²) < 4.78 is 4.93. The lowest BCUT2D eigenvalue weighted by Crippen LogP contribution is -2.49. The Labute approximate surface area is 198 Å². The summed E-state index contributed by atoms with van der Waals surface area (Å²) >= 11 is 0. The summed E-state index contributed by atoms with van der Waals surface area (Å²) in [6, 6.07) is 0. The molecule has 0 radical (unpaired) electrons. The first-order valence-electron chi connectivity index (χ1n) is 10.9. The summed E-state index contributed by atoms with van der Waals surface area (Å²) in [6.07, 6.45) is 4.42. The van der Waals surface area contributed by atoms with E-state index in [0.717, 1.165) is 6.42 Å². The molecule has 7 heteroatoms. The van der Waals surface area contributed by atoms with Crippen molar-refractivity contribution in [3.8, 4) is 0 Å². The van der Waals surface area contributed by atoms with E-state index in [1.165, 1.54) is 26.2 Å². The van der Waals surface area contributed by atoms with Crippen LogP contribution in [0.25, 0.3) is 0 Å². The largest absolute Gasteiger partial charge is 0.481 e. The molecule has 4 aliphatic carbocycles. The third kappa shape index (κ3) is 3.79. The zero-order chi connectivity index (χ0) is 20.8. The third-order valence-electron chi connectivity index (χ3n) is 9.44. The van der Waals surface area contributed by atoms with E-state index in [0.29, 0.717) is 23.7 Å². The quantitative estimate of drug-likeness (QED) is 0.337. The molecular formula is C26H44O7. The third-order valence-corrected chi connectivity index (χ3v) is 9.44. The van der Waals surface area contributed by atoms with Gasteiger partial charge < -0.3 is 14.9 Å². The monoisotopic (exact) mass is 468 g/mol. The van der Waals surface area contributed by atoms with Crippen molar-refractivity contribution in [2.45, 2.75) is 69.2 Å². The van der Waals surface area contributed by atoms with Crippen LogP contribution in [-0.2, 0) is 23.9 Å². The number of carbonyl (C=O) groups is 4.